The van der Waals surface area contributed by atoms with E-state index in [1.807, 2.05) is 37.2 Å². The second-order valence-corrected chi connectivity index (χ2v) is 6.44. The summed E-state index contributed by atoms with van der Waals surface area (Å²) in [4.78, 5) is 14.5. The molecule has 1 aromatic carbocycles. The Morgan fingerprint density at radius 2 is 2.30 bits per heavy atom. The summed E-state index contributed by atoms with van der Waals surface area (Å²) in [7, 11) is 3.99. The van der Waals surface area contributed by atoms with Gasteiger partial charge in [0, 0.05) is 30.7 Å². The van der Waals surface area contributed by atoms with Crippen molar-refractivity contribution < 1.29 is 4.79 Å². The smallest absolute Gasteiger partial charge is 0.253 e. The summed E-state index contributed by atoms with van der Waals surface area (Å²) in [6, 6.07) is 6.23. The van der Waals surface area contributed by atoms with Crippen LogP contribution in [0.4, 0.5) is 0 Å². The van der Waals surface area contributed by atoms with E-state index in [1.54, 1.807) is 0 Å². The molecule has 2 heterocycles. The molecule has 1 aliphatic rings. The lowest BCUT2D eigenvalue weighted by Crippen LogP contribution is -2.31. The summed E-state index contributed by atoms with van der Waals surface area (Å²) in [5.74, 6) is -0.0494. The van der Waals surface area contributed by atoms with Crippen molar-refractivity contribution in [2.45, 2.75) is 19.4 Å². The molecule has 3 rings (SSSR count). The molecule has 1 aliphatic heterocycles. The number of fused-ring (bicyclic) bond motifs is 1. The molecule has 2 aromatic rings. The van der Waals surface area contributed by atoms with Gasteiger partial charge < -0.3 is 15.5 Å². The van der Waals surface area contributed by atoms with Gasteiger partial charge in [0.05, 0.1) is 11.6 Å². The molecule has 0 bridgehead atoms. The second-order valence-electron chi connectivity index (χ2n) is 6.44. The molecule has 0 saturated carbocycles. The zero-order valence-corrected chi connectivity index (χ0v) is 14.1. The minimum atomic E-state index is -0.0494. The number of amides is 1. The fourth-order valence-corrected chi connectivity index (χ4v) is 3.12. The molecule has 0 radical (unpaired) electrons. The Labute approximate surface area is 136 Å². The Hall–Kier alpha value is -1.92. The quantitative estimate of drug-likeness (QED) is 0.869. The van der Waals surface area contributed by atoms with Crippen LogP contribution in [-0.4, -0.2) is 60.9 Å². The van der Waals surface area contributed by atoms with Crippen molar-refractivity contribution in [3.63, 3.8) is 0 Å². The largest absolute Gasteiger partial charge is 0.351 e. The number of aromatic nitrogens is 2. The summed E-state index contributed by atoms with van der Waals surface area (Å²) < 4.78 is 2.08. The molecular formula is C17H25N5O. The first-order chi connectivity index (χ1) is 11.1. The molecule has 1 amide bonds. The van der Waals surface area contributed by atoms with Crippen molar-refractivity contribution in [3.05, 3.63) is 29.5 Å². The number of carbonyl (C=O) groups excluding carboxylic acids is 1. The molecule has 124 valence electrons. The van der Waals surface area contributed by atoms with Gasteiger partial charge in [0.1, 0.15) is 5.52 Å². The third-order valence-electron chi connectivity index (χ3n) is 4.45. The average molecular weight is 315 g/mol. The second kappa shape index (κ2) is 6.68. The van der Waals surface area contributed by atoms with Gasteiger partial charge in [-0.3, -0.25) is 9.48 Å². The number of aryl methyl sites for hydroxylation is 1. The van der Waals surface area contributed by atoms with Gasteiger partial charge in [-0.2, -0.15) is 5.10 Å². The average Bonchev–Trinajstić information content (AvgIpc) is 3.15. The Morgan fingerprint density at radius 3 is 3.00 bits per heavy atom. The van der Waals surface area contributed by atoms with Crippen LogP contribution in [0.15, 0.2) is 18.2 Å². The molecule has 1 atom stereocenters. The molecule has 6 heteroatoms. The van der Waals surface area contributed by atoms with E-state index in [0.29, 0.717) is 18.2 Å². The van der Waals surface area contributed by atoms with Crippen LogP contribution in [0.25, 0.3) is 10.9 Å². The minimum absolute atomic E-state index is 0.0494. The molecule has 0 spiro atoms. The van der Waals surface area contributed by atoms with Crippen LogP contribution in [0, 0.1) is 6.92 Å². The van der Waals surface area contributed by atoms with E-state index >= 15 is 0 Å². The van der Waals surface area contributed by atoms with Gasteiger partial charge in [-0.05, 0) is 40.1 Å². The lowest BCUT2D eigenvalue weighted by Gasteiger charge is -2.11. The normalized spacial score (nSPS) is 18.0. The van der Waals surface area contributed by atoms with Gasteiger partial charge >= 0.3 is 0 Å². The summed E-state index contributed by atoms with van der Waals surface area (Å²) in [6.45, 7) is 5.51. The summed E-state index contributed by atoms with van der Waals surface area (Å²) in [6.07, 6.45) is 1.08. The first kappa shape index (κ1) is 16.0. The fraction of sp³-hybridized carbons (Fsp3) is 0.529. The van der Waals surface area contributed by atoms with Crippen molar-refractivity contribution in [2.75, 3.05) is 40.3 Å². The zero-order chi connectivity index (χ0) is 16.4. The fourth-order valence-electron chi connectivity index (χ4n) is 3.12. The van der Waals surface area contributed by atoms with E-state index in [1.165, 1.54) is 0 Å². The van der Waals surface area contributed by atoms with Gasteiger partial charge in [0.2, 0.25) is 0 Å². The van der Waals surface area contributed by atoms with E-state index in [2.05, 4.69) is 22.2 Å². The number of nitrogens with one attached hydrogen (secondary N) is 2. The molecular weight excluding hydrogens is 290 g/mol. The lowest BCUT2D eigenvalue weighted by atomic mass is 10.1. The topological polar surface area (TPSA) is 62.2 Å². The van der Waals surface area contributed by atoms with Crippen LogP contribution < -0.4 is 10.6 Å². The number of benzene rings is 1. The van der Waals surface area contributed by atoms with Crippen LogP contribution in [0.5, 0.6) is 0 Å². The molecule has 1 fully saturated rings. The van der Waals surface area contributed by atoms with E-state index < -0.39 is 0 Å². The first-order valence-corrected chi connectivity index (χ1v) is 8.19. The Kier molecular flexibility index (Phi) is 4.63. The van der Waals surface area contributed by atoms with Gasteiger partial charge in [0.25, 0.3) is 5.91 Å². The highest BCUT2D eigenvalue weighted by atomic mass is 16.1. The summed E-state index contributed by atoms with van der Waals surface area (Å²) in [5, 5.41) is 12.2. The number of carbonyl (C=O) groups is 1. The van der Waals surface area contributed by atoms with Crippen LogP contribution in [0.3, 0.4) is 0 Å². The third kappa shape index (κ3) is 3.23. The predicted octanol–water partition coefficient (Wildman–Crippen LogP) is 1.17. The Bertz CT molecular complexity index is 700. The number of hydrogen-bond donors (Lipinski definition) is 2. The molecule has 1 aromatic heterocycles. The van der Waals surface area contributed by atoms with Crippen molar-refractivity contribution in [2.24, 2.45) is 0 Å². The number of nitrogens with zero attached hydrogens (tertiary/aromatic N) is 3. The van der Waals surface area contributed by atoms with Crippen molar-refractivity contribution >= 4 is 16.8 Å². The van der Waals surface area contributed by atoms with Gasteiger partial charge in [-0.25, -0.2) is 0 Å². The maximum absolute atomic E-state index is 12.5. The molecule has 2 N–H and O–H groups in total. The summed E-state index contributed by atoms with van der Waals surface area (Å²) in [5.41, 5.74) is 2.60. The van der Waals surface area contributed by atoms with Crippen molar-refractivity contribution in [3.8, 4) is 0 Å². The highest BCUT2D eigenvalue weighted by molar-refractivity contribution is 6.06. The third-order valence-corrected chi connectivity index (χ3v) is 4.45. The zero-order valence-electron chi connectivity index (χ0n) is 14.1. The van der Waals surface area contributed by atoms with E-state index in [9.17, 15) is 4.79 Å². The predicted molar refractivity (Wildman–Crippen MR) is 91.9 cm³/mol. The Balaban J connectivity index is 1.89. The minimum Gasteiger partial charge on any atom is -0.351 e. The molecule has 1 saturated heterocycles. The molecule has 6 nitrogen and oxygen atoms in total. The maximum Gasteiger partial charge on any atom is 0.253 e. The standard InChI is InChI=1S/C17H25N5O/c1-12-14-5-4-6-15(17(23)19-9-10-21(2)3)16(14)20-22(12)13-7-8-18-11-13/h4-6,13,18H,7-11H2,1-3H3,(H,19,23). The van der Waals surface area contributed by atoms with Crippen LogP contribution in [-0.2, 0) is 0 Å². The first-order valence-electron chi connectivity index (χ1n) is 8.19. The number of hydrogen-bond acceptors (Lipinski definition) is 4. The monoisotopic (exact) mass is 315 g/mol. The SMILES string of the molecule is Cc1c2cccc(C(=O)NCCN(C)C)c2nn1C1CCNC1. The highest BCUT2D eigenvalue weighted by Gasteiger charge is 2.22. The lowest BCUT2D eigenvalue weighted by molar-refractivity contribution is 0.0952. The van der Waals surface area contributed by atoms with Crippen molar-refractivity contribution in [1.82, 2.24) is 25.3 Å². The molecule has 23 heavy (non-hydrogen) atoms. The molecule has 1 unspecified atom stereocenters. The highest BCUT2D eigenvalue weighted by Crippen LogP contribution is 2.26. The molecule has 0 aliphatic carbocycles. The van der Waals surface area contributed by atoms with E-state index in [4.69, 9.17) is 5.10 Å². The number of rotatable bonds is 5. The van der Waals surface area contributed by atoms with Crippen LogP contribution >= 0.6 is 0 Å². The van der Waals surface area contributed by atoms with Crippen LogP contribution in [0.1, 0.15) is 28.5 Å². The maximum atomic E-state index is 12.5. The van der Waals surface area contributed by atoms with E-state index in [0.717, 1.165) is 42.7 Å². The van der Waals surface area contributed by atoms with E-state index in [-0.39, 0.29) is 5.91 Å². The van der Waals surface area contributed by atoms with Crippen molar-refractivity contribution in [1.29, 1.82) is 0 Å². The summed E-state index contributed by atoms with van der Waals surface area (Å²) >= 11 is 0. The van der Waals surface area contributed by atoms with Crippen LogP contribution in [0.2, 0.25) is 0 Å². The number of likely N-dealkylation sites (N-methyl/N-ethyl adjacent to an activating group) is 1. The van der Waals surface area contributed by atoms with Gasteiger partial charge in [-0.15, -0.1) is 0 Å². The Morgan fingerprint density at radius 1 is 1.48 bits per heavy atom. The van der Waals surface area contributed by atoms with Gasteiger partial charge in [-0.1, -0.05) is 12.1 Å². The van der Waals surface area contributed by atoms with Gasteiger partial charge in [0.15, 0.2) is 0 Å².